The van der Waals surface area contributed by atoms with Gasteiger partial charge >= 0.3 is 0 Å². The summed E-state index contributed by atoms with van der Waals surface area (Å²) in [6.07, 6.45) is -0.125. The Morgan fingerprint density at radius 1 is 1.09 bits per heavy atom. The number of nitrogens with one attached hydrogen (secondary N) is 1. The molecule has 0 spiro atoms. The van der Waals surface area contributed by atoms with Crippen LogP contribution in [0, 0.1) is 13.8 Å². The molecule has 0 fully saturated rings. The van der Waals surface area contributed by atoms with Crippen molar-refractivity contribution >= 4 is 5.91 Å². The third-order valence-electron chi connectivity index (χ3n) is 5.29. The summed E-state index contributed by atoms with van der Waals surface area (Å²) in [5.74, 6) is 1.76. The standard InChI is InChI=1S/C26H33N3O6/c1-6-18-11-20(10-17(5)24(18)33-14-21(31)12-27-23(32)13-30)26-29-28-25(35-26)19-7-8-22(16(4)9-19)34-15(2)3/h7-11,15,21,30-31H,6,12-14H2,1-5H3,(H,27,32)/t21-/m0/s1. The van der Waals surface area contributed by atoms with Gasteiger partial charge < -0.3 is 29.4 Å². The molecule has 0 bridgehead atoms. The van der Waals surface area contributed by atoms with Gasteiger partial charge in [-0.3, -0.25) is 4.79 Å². The van der Waals surface area contributed by atoms with E-state index in [1.54, 1.807) is 0 Å². The van der Waals surface area contributed by atoms with Gasteiger partial charge in [0.25, 0.3) is 0 Å². The quantitative estimate of drug-likeness (QED) is 0.379. The number of carbonyl (C=O) groups is 1. The Balaban J connectivity index is 1.76. The number of aliphatic hydroxyl groups is 2. The first-order valence-electron chi connectivity index (χ1n) is 11.6. The van der Waals surface area contributed by atoms with Crippen LogP contribution < -0.4 is 14.8 Å². The van der Waals surface area contributed by atoms with Crippen LogP contribution in [0.5, 0.6) is 11.5 Å². The molecule has 1 heterocycles. The van der Waals surface area contributed by atoms with E-state index in [2.05, 4.69) is 15.5 Å². The van der Waals surface area contributed by atoms with Gasteiger partial charge in [0.1, 0.15) is 30.8 Å². The molecule has 0 aliphatic rings. The number of rotatable bonds is 11. The molecule has 1 atom stereocenters. The Morgan fingerprint density at radius 2 is 1.77 bits per heavy atom. The number of carbonyl (C=O) groups excluding carboxylic acids is 1. The van der Waals surface area contributed by atoms with Crippen LogP contribution in [0.4, 0.5) is 0 Å². The molecule has 9 heteroatoms. The molecule has 0 unspecified atom stereocenters. The van der Waals surface area contributed by atoms with E-state index in [1.165, 1.54) is 0 Å². The summed E-state index contributed by atoms with van der Waals surface area (Å²) in [5, 5.41) is 29.7. The first-order chi connectivity index (χ1) is 16.7. The van der Waals surface area contributed by atoms with Gasteiger partial charge in [-0.2, -0.15) is 0 Å². The van der Waals surface area contributed by atoms with Gasteiger partial charge in [-0.05, 0) is 81.1 Å². The second-order valence-corrected chi connectivity index (χ2v) is 8.62. The Kier molecular flexibility index (Phi) is 8.84. The topological polar surface area (TPSA) is 127 Å². The van der Waals surface area contributed by atoms with Gasteiger partial charge in [-0.1, -0.05) is 6.92 Å². The lowest BCUT2D eigenvalue weighted by molar-refractivity contribution is -0.124. The third kappa shape index (κ3) is 6.80. The van der Waals surface area contributed by atoms with Crippen molar-refractivity contribution in [2.75, 3.05) is 19.8 Å². The molecular formula is C26H33N3O6. The van der Waals surface area contributed by atoms with Crippen LogP contribution in [0.15, 0.2) is 34.7 Å². The van der Waals surface area contributed by atoms with Crippen molar-refractivity contribution in [2.24, 2.45) is 0 Å². The van der Waals surface area contributed by atoms with E-state index in [1.807, 2.05) is 65.0 Å². The second-order valence-electron chi connectivity index (χ2n) is 8.62. The lowest BCUT2D eigenvalue weighted by atomic mass is 10.0. The molecular weight excluding hydrogens is 450 g/mol. The summed E-state index contributed by atoms with van der Waals surface area (Å²) in [6, 6.07) is 9.60. The fourth-order valence-corrected chi connectivity index (χ4v) is 3.59. The average molecular weight is 484 g/mol. The van der Waals surface area contributed by atoms with Gasteiger partial charge in [0.2, 0.25) is 17.7 Å². The predicted octanol–water partition coefficient (Wildman–Crippen LogP) is 3.22. The Labute approximate surface area is 205 Å². The van der Waals surface area contributed by atoms with E-state index < -0.39 is 18.6 Å². The maximum atomic E-state index is 11.1. The number of nitrogens with zero attached hydrogens (tertiary/aromatic N) is 2. The van der Waals surface area contributed by atoms with Crippen molar-refractivity contribution in [3.8, 4) is 34.4 Å². The largest absolute Gasteiger partial charge is 0.491 e. The van der Waals surface area contributed by atoms with Crippen LogP contribution in [0.3, 0.4) is 0 Å². The van der Waals surface area contributed by atoms with E-state index in [0.29, 0.717) is 24.0 Å². The Hall–Kier alpha value is -3.43. The summed E-state index contributed by atoms with van der Waals surface area (Å²) >= 11 is 0. The minimum absolute atomic E-state index is 0.000525. The minimum Gasteiger partial charge on any atom is -0.491 e. The van der Waals surface area contributed by atoms with Gasteiger partial charge in [-0.25, -0.2) is 0 Å². The first kappa shape index (κ1) is 26.2. The normalized spacial score (nSPS) is 12.0. The van der Waals surface area contributed by atoms with Crippen molar-refractivity contribution in [3.05, 3.63) is 47.0 Å². The molecule has 0 aliphatic carbocycles. The lowest BCUT2D eigenvalue weighted by Crippen LogP contribution is -2.36. The first-order valence-corrected chi connectivity index (χ1v) is 11.6. The van der Waals surface area contributed by atoms with E-state index in [-0.39, 0.29) is 19.3 Å². The number of aromatic nitrogens is 2. The van der Waals surface area contributed by atoms with E-state index in [0.717, 1.165) is 33.6 Å². The van der Waals surface area contributed by atoms with Crippen LogP contribution in [0.1, 0.15) is 37.5 Å². The number of aliphatic hydroxyl groups excluding tert-OH is 2. The van der Waals surface area contributed by atoms with E-state index in [4.69, 9.17) is 19.0 Å². The fourth-order valence-electron chi connectivity index (χ4n) is 3.59. The van der Waals surface area contributed by atoms with Crippen molar-refractivity contribution in [2.45, 2.75) is 53.2 Å². The van der Waals surface area contributed by atoms with Crippen LogP contribution in [0.25, 0.3) is 22.9 Å². The van der Waals surface area contributed by atoms with E-state index in [9.17, 15) is 9.90 Å². The smallest absolute Gasteiger partial charge is 0.248 e. The highest BCUT2D eigenvalue weighted by Gasteiger charge is 2.17. The molecule has 1 amide bonds. The number of hydrogen-bond donors (Lipinski definition) is 3. The highest BCUT2D eigenvalue weighted by Crippen LogP contribution is 2.33. The molecule has 3 aromatic rings. The monoisotopic (exact) mass is 483 g/mol. The Bertz CT molecular complexity index is 1160. The molecule has 188 valence electrons. The number of benzene rings is 2. The zero-order chi connectivity index (χ0) is 25.5. The predicted molar refractivity (Wildman–Crippen MR) is 131 cm³/mol. The van der Waals surface area contributed by atoms with Crippen molar-refractivity contribution in [1.29, 1.82) is 0 Å². The van der Waals surface area contributed by atoms with Crippen LogP contribution in [0.2, 0.25) is 0 Å². The van der Waals surface area contributed by atoms with Crippen LogP contribution >= 0.6 is 0 Å². The zero-order valence-corrected chi connectivity index (χ0v) is 20.8. The molecule has 0 radical (unpaired) electrons. The molecule has 0 aliphatic heterocycles. The van der Waals surface area contributed by atoms with Gasteiger partial charge in [0.15, 0.2) is 0 Å². The maximum absolute atomic E-state index is 11.1. The molecule has 1 aromatic heterocycles. The summed E-state index contributed by atoms with van der Waals surface area (Å²) in [7, 11) is 0. The summed E-state index contributed by atoms with van der Waals surface area (Å²) in [6.45, 7) is 9.24. The lowest BCUT2D eigenvalue weighted by Gasteiger charge is -2.17. The molecule has 3 N–H and O–H groups in total. The highest BCUT2D eigenvalue weighted by atomic mass is 16.5. The third-order valence-corrected chi connectivity index (χ3v) is 5.29. The Morgan fingerprint density at radius 3 is 2.40 bits per heavy atom. The van der Waals surface area contributed by atoms with Crippen LogP contribution in [-0.4, -0.2) is 58.3 Å². The number of amides is 1. The number of aryl methyl sites for hydroxylation is 3. The fraction of sp³-hybridized carbons (Fsp3) is 0.423. The number of ether oxygens (including phenoxy) is 2. The minimum atomic E-state index is -0.909. The molecule has 2 aromatic carbocycles. The second kappa shape index (κ2) is 11.8. The van der Waals surface area contributed by atoms with Gasteiger partial charge in [0.05, 0.1) is 6.10 Å². The van der Waals surface area contributed by atoms with Crippen molar-refractivity contribution in [3.63, 3.8) is 0 Å². The van der Waals surface area contributed by atoms with E-state index >= 15 is 0 Å². The maximum Gasteiger partial charge on any atom is 0.248 e. The SMILES string of the molecule is CCc1cc(-c2nnc(-c3ccc(OC(C)C)c(C)c3)o2)cc(C)c1OC[C@@H](O)CNC(=O)CO. The molecule has 0 saturated carbocycles. The molecule has 9 nitrogen and oxygen atoms in total. The average Bonchev–Trinajstić information content (AvgIpc) is 3.32. The zero-order valence-electron chi connectivity index (χ0n) is 20.8. The van der Waals surface area contributed by atoms with Crippen LogP contribution in [-0.2, 0) is 11.2 Å². The van der Waals surface area contributed by atoms with Crippen molar-refractivity contribution < 1.29 is 28.9 Å². The molecule has 35 heavy (non-hydrogen) atoms. The number of hydrogen-bond acceptors (Lipinski definition) is 8. The van der Waals surface area contributed by atoms with Crippen molar-refractivity contribution in [1.82, 2.24) is 15.5 Å². The summed E-state index contributed by atoms with van der Waals surface area (Å²) < 4.78 is 17.6. The molecule has 0 saturated heterocycles. The highest BCUT2D eigenvalue weighted by molar-refractivity contribution is 5.76. The summed E-state index contributed by atoms with van der Waals surface area (Å²) in [4.78, 5) is 11.1. The molecule has 3 rings (SSSR count). The summed E-state index contributed by atoms with van der Waals surface area (Å²) in [5.41, 5.74) is 4.36. The van der Waals surface area contributed by atoms with Gasteiger partial charge in [-0.15, -0.1) is 10.2 Å². The van der Waals surface area contributed by atoms with Gasteiger partial charge in [0, 0.05) is 17.7 Å².